The number of aromatic nitrogens is 1. The first-order valence-corrected chi connectivity index (χ1v) is 15.0. The van der Waals surface area contributed by atoms with Crippen molar-refractivity contribution < 1.29 is 4.39 Å². The molecular formula is C37H26Br2FN. The molecule has 1 heterocycles. The van der Waals surface area contributed by atoms with Crippen molar-refractivity contribution in [3.05, 3.63) is 171 Å². The number of fused-ring (bicyclic) bond motifs is 6. The molecule has 0 saturated carbocycles. The van der Waals surface area contributed by atoms with Crippen LogP contribution in [0.4, 0.5) is 4.39 Å². The molecule has 4 heteroatoms. The molecular weight excluding hydrogens is 637 g/mol. The van der Waals surface area contributed by atoms with Crippen molar-refractivity contribution in [2.75, 3.05) is 0 Å². The highest BCUT2D eigenvalue weighted by atomic mass is 79.9. The van der Waals surface area contributed by atoms with Crippen LogP contribution in [0, 0.1) is 5.82 Å². The van der Waals surface area contributed by atoms with Gasteiger partial charge in [-0.25, -0.2) is 4.39 Å². The van der Waals surface area contributed by atoms with Gasteiger partial charge in [0.2, 0.25) is 0 Å². The van der Waals surface area contributed by atoms with E-state index in [0.717, 1.165) is 15.4 Å². The molecule has 0 amide bonds. The third-order valence-corrected chi connectivity index (χ3v) is 8.13. The molecule has 0 saturated heterocycles. The molecule has 41 heavy (non-hydrogen) atoms. The van der Waals surface area contributed by atoms with E-state index in [1.165, 1.54) is 61.9 Å². The summed E-state index contributed by atoms with van der Waals surface area (Å²) in [6, 6.07) is 49.1. The number of halogens is 3. The molecule has 0 atom stereocenters. The van der Waals surface area contributed by atoms with Gasteiger partial charge in [-0.2, -0.15) is 0 Å². The van der Waals surface area contributed by atoms with E-state index in [9.17, 15) is 4.39 Å². The predicted molar refractivity (Wildman–Crippen MR) is 177 cm³/mol. The lowest BCUT2D eigenvalue weighted by Gasteiger charge is -2.07. The van der Waals surface area contributed by atoms with Crippen LogP contribution >= 0.6 is 31.9 Å². The largest absolute Gasteiger partial charge is 0.309 e. The van der Waals surface area contributed by atoms with Gasteiger partial charge >= 0.3 is 0 Å². The first-order valence-electron chi connectivity index (χ1n) is 13.4. The van der Waals surface area contributed by atoms with Crippen LogP contribution < -0.4 is 0 Å². The topological polar surface area (TPSA) is 4.93 Å². The Morgan fingerprint density at radius 1 is 0.488 bits per heavy atom. The van der Waals surface area contributed by atoms with Crippen LogP contribution in [0.25, 0.3) is 38.6 Å². The standard InChI is InChI=1S/C18H12BrN.C13H10.C6H4BrF/c19-13-6-5-7-14(12-13)20-17-10-3-1-8-15(17)16-9-2-4-11-18(16)20;1-3-7-12-10(5-1)9-11-6-2-4-8-13(11)12;7-5-2-1-3-6(8)4-5/h1-12H;1-8H,9H2;1-4H. The summed E-state index contributed by atoms with van der Waals surface area (Å²) in [5.74, 6) is -0.209. The first kappa shape index (κ1) is 27.2. The monoisotopic (exact) mass is 661 g/mol. The van der Waals surface area contributed by atoms with Crippen LogP contribution in [0.2, 0.25) is 0 Å². The van der Waals surface area contributed by atoms with Gasteiger partial charge < -0.3 is 4.57 Å². The Balaban J connectivity index is 0.000000123. The fourth-order valence-electron chi connectivity index (χ4n) is 5.36. The smallest absolute Gasteiger partial charge is 0.124 e. The van der Waals surface area contributed by atoms with Gasteiger partial charge in [0.05, 0.1) is 11.0 Å². The molecule has 0 N–H and O–H groups in total. The molecule has 0 radical (unpaired) electrons. The number of nitrogens with zero attached hydrogens (tertiary/aromatic N) is 1. The molecule has 1 aromatic heterocycles. The van der Waals surface area contributed by atoms with Crippen molar-refractivity contribution in [1.82, 2.24) is 4.57 Å². The lowest BCUT2D eigenvalue weighted by Crippen LogP contribution is -1.93. The molecule has 0 aliphatic heterocycles. The minimum Gasteiger partial charge on any atom is -0.309 e. The van der Waals surface area contributed by atoms with E-state index in [1.54, 1.807) is 12.1 Å². The molecule has 1 aliphatic rings. The second kappa shape index (κ2) is 12.3. The van der Waals surface area contributed by atoms with Gasteiger partial charge in [0.1, 0.15) is 5.82 Å². The maximum atomic E-state index is 12.1. The van der Waals surface area contributed by atoms with E-state index in [4.69, 9.17) is 0 Å². The number of hydrogen-bond donors (Lipinski definition) is 0. The summed E-state index contributed by atoms with van der Waals surface area (Å²) < 4.78 is 16.3. The van der Waals surface area contributed by atoms with E-state index in [1.807, 2.05) is 0 Å². The summed E-state index contributed by atoms with van der Waals surface area (Å²) in [7, 11) is 0. The highest BCUT2D eigenvalue weighted by molar-refractivity contribution is 9.10. The fraction of sp³-hybridized carbons (Fsp3) is 0.0270. The molecule has 1 aliphatic carbocycles. The Bertz CT molecular complexity index is 1860. The predicted octanol–water partition coefficient (Wildman–Crippen LogP) is 11.4. The maximum Gasteiger partial charge on any atom is 0.124 e. The van der Waals surface area contributed by atoms with Crippen molar-refractivity contribution in [2.45, 2.75) is 6.42 Å². The number of para-hydroxylation sites is 2. The van der Waals surface area contributed by atoms with Gasteiger partial charge in [-0.1, -0.05) is 129 Å². The first-order chi connectivity index (χ1) is 20.1. The minimum atomic E-state index is -0.209. The molecule has 8 rings (SSSR count). The van der Waals surface area contributed by atoms with Gasteiger partial charge in [0, 0.05) is 25.4 Å². The van der Waals surface area contributed by atoms with Crippen LogP contribution in [-0.4, -0.2) is 4.57 Å². The Labute approximate surface area is 256 Å². The number of benzene rings is 6. The SMILES string of the molecule is Brc1cccc(-n2c3ccccc3c3ccccc32)c1.Fc1cccc(Br)c1.c1ccc2c(c1)Cc1ccccc1-2. The highest BCUT2D eigenvalue weighted by Gasteiger charge is 2.16. The lowest BCUT2D eigenvalue weighted by atomic mass is 10.1. The second-order valence-electron chi connectivity index (χ2n) is 9.78. The Morgan fingerprint density at radius 3 is 1.49 bits per heavy atom. The van der Waals surface area contributed by atoms with Crippen LogP contribution in [0.1, 0.15) is 11.1 Å². The Hall–Kier alpha value is -3.99. The maximum absolute atomic E-state index is 12.1. The molecule has 0 unspecified atom stereocenters. The van der Waals surface area contributed by atoms with E-state index in [-0.39, 0.29) is 5.82 Å². The van der Waals surface area contributed by atoms with Crippen LogP contribution in [0.3, 0.4) is 0 Å². The average molecular weight is 663 g/mol. The summed E-state index contributed by atoms with van der Waals surface area (Å²) in [4.78, 5) is 0. The fourth-order valence-corrected chi connectivity index (χ4v) is 6.11. The van der Waals surface area contributed by atoms with Crippen molar-refractivity contribution in [3.63, 3.8) is 0 Å². The average Bonchev–Trinajstić information content (AvgIpc) is 3.54. The second-order valence-corrected chi connectivity index (χ2v) is 11.6. The van der Waals surface area contributed by atoms with Gasteiger partial charge in [-0.3, -0.25) is 0 Å². The van der Waals surface area contributed by atoms with Gasteiger partial charge in [0.25, 0.3) is 0 Å². The van der Waals surface area contributed by atoms with Crippen molar-refractivity contribution >= 4 is 53.7 Å². The lowest BCUT2D eigenvalue weighted by molar-refractivity contribution is 0.627. The third-order valence-electron chi connectivity index (χ3n) is 7.14. The minimum absolute atomic E-state index is 0.209. The van der Waals surface area contributed by atoms with Gasteiger partial charge in [0.15, 0.2) is 0 Å². The molecule has 0 spiro atoms. The zero-order valence-corrected chi connectivity index (χ0v) is 25.3. The van der Waals surface area contributed by atoms with Gasteiger partial charge in [-0.15, -0.1) is 0 Å². The summed E-state index contributed by atoms with van der Waals surface area (Å²) in [5.41, 5.74) is 9.42. The van der Waals surface area contributed by atoms with Gasteiger partial charge in [-0.05, 0) is 77.2 Å². The summed E-state index contributed by atoms with van der Waals surface area (Å²) in [6.07, 6.45) is 1.10. The third kappa shape index (κ3) is 5.90. The molecule has 200 valence electrons. The van der Waals surface area contributed by atoms with E-state index in [0.29, 0.717) is 0 Å². The molecule has 0 fully saturated rings. The van der Waals surface area contributed by atoms with E-state index in [2.05, 4.69) is 158 Å². The van der Waals surface area contributed by atoms with Crippen molar-refractivity contribution in [2.24, 2.45) is 0 Å². The summed E-state index contributed by atoms with van der Waals surface area (Å²) in [6.45, 7) is 0. The molecule has 6 aromatic carbocycles. The summed E-state index contributed by atoms with van der Waals surface area (Å²) >= 11 is 6.68. The molecule has 0 bridgehead atoms. The van der Waals surface area contributed by atoms with Crippen LogP contribution in [-0.2, 0) is 6.42 Å². The van der Waals surface area contributed by atoms with Crippen molar-refractivity contribution in [3.8, 4) is 16.8 Å². The zero-order chi connectivity index (χ0) is 28.2. The quantitative estimate of drug-likeness (QED) is 0.165. The number of hydrogen-bond acceptors (Lipinski definition) is 0. The van der Waals surface area contributed by atoms with E-state index >= 15 is 0 Å². The molecule has 7 aromatic rings. The Kier molecular flexibility index (Phi) is 8.13. The number of rotatable bonds is 1. The van der Waals surface area contributed by atoms with Crippen LogP contribution in [0.15, 0.2) is 155 Å². The van der Waals surface area contributed by atoms with E-state index < -0.39 is 0 Å². The highest BCUT2D eigenvalue weighted by Crippen LogP contribution is 2.36. The normalized spacial score (nSPS) is 11.2. The molecule has 1 nitrogen and oxygen atoms in total. The van der Waals surface area contributed by atoms with Crippen LogP contribution in [0.5, 0.6) is 0 Å². The summed E-state index contributed by atoms with van der Waals surface area (Å²) in [5, 5.41) is 2.59. The Morgan fingerprint density at radius 2 is 0.976 bits per heavy atom. The van der Waals surface area contributed by atoms with Crippen molar-refractivity contribution in [1.29, 1.82) is 0 Å². The zero-order valence-electron chi connectivity index (χ0n) is 22.1.